The van der Waals surface area contributed by atoms with Crippen molar-refractivity contribution in [2.45, 2.75) is 220 Å². The second-order valence-corrected chi connectivity index (χ2v) is 17.7. The lowest BCUT2D eigenvalue weighted by molar-refractivity contribution is -0.155. The Kier molecular flexibility index (Phi) is 37.6. The quantitative estimate of drug-likeness (QED) is 0.0351. The Morgan fingerprint density at radius 2 is 0.762 bits per heavy atom. The van der Waals surface area contributed by atoms with Crippen LogP contribution < -0.4 is 0 Å². The third-order valence-corrected chi connectivity index (χ3v) is 12.0. The highest BCUT2D eigenvalue weighted by Crippen LogP contribution is 2.17. The Labute approximate surface area is 382 Å². The topological polar surface area (TPSA) is 158 Å². The highest BCUT2D eigenvalue weighted by molar-refractivity contribution is 5.71. The molecule has 63 heavy (non-hydrogen) atoms. The monoisotopic (exact) mass is 897 g/mol. The van der Waals surface area contributed by atoms with E-state index in [1.165, 1.54) is 51.4 Å². The molecule has 1 aliphatic heterocycles. The van der Waals surface area contributed by atoms with Crippen LogP contribution in [0.15, 0.2) is 0 Å². The summed E-state index contributed by atoms with van der Waals surface area (Å²) in [5.41, 5.74) is 0. The molecule has 0 aromatic rings. The molecule has 368 valence electrons. The number of piperazine rings is 1. The molecule has 13 heteroatoms. The van der Waals surface area contributed by atoms with Gasteiger partial charge in [0.2, 0.25) is 0 Å². The fourth-order valence-corrected chi connectivity index (χ4v) is 7.72. The van der Waals surface area contributed by atoms with Crippen molar-refractivity contribution >= 4 is 29.8 Å². The molecule has 0 amide bonds. The zero-order valence-electron chi connectivity index (χ0n) is 40.5. The number of aliphatic hydroxyl groups excluding tert-OH is 1. The molecule has 0 aliphatic carbocycles. The van der Waals surface area contributed by atoms with Crippen molar-refractivity contribution in [1.29, 1.82) is 0 Å². The minimum atomic E-state index is -0.536. The first-order chi connectivity index (χ1) is 30.6. The van der Waals surface area contributed by atoms with Crippen LogP contribution in [0.3, 0.4) is 0 Å². The summed E-state index contributed by atoms with van der Waals surface area (Å²) in [7, 11) is 0. The van der Waals surface area contributed by atoms with Crippen molar-refractivity contribution in [1.82, 2.24) is 9.80 Å². The van der Waals surface area contributed by atoms with Crippen molar-refractivity contribution in [2.75, 3.05) is 65.7 Å². The number of hydrogen-bond acceptors (Lipinski definition) is 13. The predicted molar refractivity (Wildman–Crippen MR) is 248 cm³/mol. The molecule has 2 unspecified atom stereocenters. The van der Waals surface area contributed by atoms with E-state index >= 15 is 0 Å². The number of aliphatic hydroxyl groups is 1. The van der Waals surface area contributed by atoms with E-state index in [9.17, 15) is 24.0 Å². The van der Waals surface area contributed by atoms with Gasteiger partial charge in [0.05, 0.1) is 12.5 Å². The average Bonchev–Trinajstić information content (AvgIpc) is 3.28. The fourth-order valence-electron chi connectivity index (χ4n) is 7.72. The van der Waals surface area contributed by atoms with Gasteiger partial charge in [0.1, 0.15) is 32.0 Å². The third kappa shape index (κ3) is 34.3. The van der Waals surface area contributed by atoms with Crippen LogP contribution in [0.25, 0.3) is 0 Å². The Bertz CT molecular complexity index is 1100. The van der Waals surface area contributed by atoms with Crippen LogP contribution >= 0.6 is 0 Å². The number of unbranched alkanes of at least 4 members (excludes halogenated alkanes) is 14. The fraction of sp³-hybridized carbons (Fsp3) is 0.900. The summed E-state index contributed by atoms with van der Waals surface area (Å²) in [5, 5.41) is 9.16. The number of ether oxygens (including phenoxy) is 5. The molecule has 1 saturated heterocycles. The lowest BCUT2D eigenvalue weighted by Gasteiger charge is -2.34. The minimum absolute atomic E-state index is 0.0517. The molecular formula is C50H92N2O11. The van der Waals surface area contributed by atoms with E-state index in [0.717, 1.165) is 103 Å². The first kappa shape index (κ1) is 58.2. The Hall–Kier alpha value is -2.77. The molecule has 1 N–H and O–H groups in total. The molecule has 0 aromatic heterocycles. The van der Waals surface area contributed by atoms with Crippen molar-refractivity contribution in [3.63, 3.8) is 0 Å². The third-order valence-electron chi connectivity index (χ3n) is 12.0. The number of esters is 5. The van der Waals surface area contributed by atoms with Crippen LogP contribution in [-0.2, 0) is 47.7 Å². The van der Waals surface area contributed by atoms with Crippen LogP contribution in [0.5, 0.6) is 0 Å². The molecule has 0 saturated carbocycles. The summed E-state index contributed by atoms with van der Waals surface area (Å²) < 4.78 is 28.0. The number of hydrogen-bond donors (Lipinski definition) is 1. The molecule has 13 nitrogen and oxygen atoms in total. The second-order valence-electron chi connectivity index (χ2n) is 17.7. The summed E-state index contributed by atoms with van der Waals surface area (Å²) >= 11 is 0. The number of β-amino-alcohol motifs (C(OH)–C–C–N with tert-alkyl or cyclic N) is 1. The number of nitrogens with zero attached hydrogens (tertiary/aromatic N) is 2. The summed E-state index contributed by atoms with van der Waals surface area (Å²) in [6.07, 6.45) is 23.2. The molecule has 0 radical (unpaired) electrons. The van der Waals surface area contributed by atoms with Gasteiger partial charge in [-0.1, -0.05) is 98.3 Å². The smallest absolute Gasteiger partial charge is 0.306 e. The zero-order chi connectivity index (χ0) is 46.2. The molecule has 0 bridgehead atoms. The van der Waals surface area contributed by atoms with E-state index in [0.29, 0.717) is 32.1 Å². The molecule has 1 aliphatic rings. The van der Waals surface area contributed by atoms with Gasteiger partial charge in [-0.2, -0.15) is 0 Å². The van der Waals surface area contributed by atoms with Crippen molar-refractivity contribution < 1.29 is 52.8 Å². The van der Waals surface area contributed by atoms with Crippen LogP contribution in [0.1, 0.15) is 207 Å². The molecule has 1 fully saturated rings. The van der Waals surface area contributed by atoms with Gasteiger partial charge >= 0.3 is 29.8 Å². The molecule has 1 rings (SSSR count). The lowest BCUT2D eigenvalue weighted by Crippen LogP contribution is -2.47. The highest BCUT2D eigenvalue weighted by atomic mass is 16.6. The first-order valence-electron chi connectivity index (χ1n) is 25.5. The lowest BCUT2D eigenvalue weighted by atomic mass is 10.1. The van der Waals surface area contributed by atoms with Gasteiger partial charge in [-0.3, -0.25) is 28.9 Å². The Morgan fingerprint density at radius 1 is 0.429 bits per heavy atom. The summed E-state index contributed by atoms with van der Waals surface area (Å²) in [4.78, 5) is 67.6. The predicted octanol–water partition coefficient (Wildman–Crippen LogP) is 9.67. The van der Waals surface area contributed by atoms with Gasteiger partial charge in [0.15, 0.2) is 0 Å². The number of rotatable bonds is 42. The van der Waals surface area contributed by atoms with Gasteiger partial charge in [0.25, 0.3) is 0 Å². The van der Waals surface area contributed by atoms with E-state index in [2.05, 4.69) is 23.6 Å². The van der Waals surface area contributed by atoms with Gasteiger partial charge in [0, 0.05) is 64.8 Å². The van der Waals surface area contributed by atoms with Crippen LogP contribution in [0, 0.1) is 5.92 Å². The zero-order valence-corrected chi connectivity index (χ0v) is 40.5. The first-order valence-corrected chi connectivity index (χ1v) is 25.5. The molecule has 0 spiro atoms. The molecule has 2 atom stereocenters. The maximum Gasteiger partial charge on any atom is 0.306 e. The minimum Gasteiger partial charge on any atom is -0.465 e. The molecule has 1 heterocycles. The molecular weight excluding hydrogens is 805 g/mol. The largest absolute Gasteiger partial charge is 0.465 e. The maximum atomic E-state index is 12.7. The van der Waals surface area contributed by atoms with E-state index in [1.807, 2.05) is 13.8 Å². The summed E-state index contributed by atoms with van der Waals surface area (Å²) in [5.74, 6) is -2.21. The second kappa shape index (κ2) is 40.7. The van der Waals surface area contributed by atoms with Gasteiger partial charge in [-0.25, -0.2) is 0 Å². The summed E-state index contributed by atoms with van der Waals surface area (Å²) in [6.45, 7) is 14.1. The number of carbonyl (C=O) groups is 5. The van der Waals surface area contributed by atoms with Gasteiger partial charge in [-0.15, -0.1) is 0 Å². The Balaban J connectivity index is 2.47. The summed E-state index contributed by atoms with van der Waals surface area (Å²) in [6, 6.07) is 0. The molecule has 0 aromatic carbocycles. The SMILES string of the molecule is CCCCCCCCC(CC)OC(=O)CCCCC(=O)OCC(COC(=O)CCCCCN1CCN(CCO)CC1)COC(=O)CCCCC(=O)OC(CC)CCCCCCCC. The van der Waals surface area contributed by atoms with Crippen molar-refractivity contribution in [3.8, 4) is 0 Å². The van der Waals surface area contributed by atoms with Crippen molar-refractivity contribution in [2.24, 2.45) is 5.92 Å². The van der Waals surface area contributed by atoms with E-state index in [1.54, 1.807) is 0 Å². The van der Waals surface area contributed by atoms with Crippen LogP contribution in [0.4, 0.5) is 0 Å². The van der Waals surface area contributed by atoms with E-state index in [4.69, 9.17) is 28.8 Å². The van der Waals surface area contributed by atoms with Crippen LogP contribution in [0.2, 0.25) is 0 Å². The average molecular weight is 897 g/mol. The van der Waals surface area contributed by atoms with Gasteiger partial charge in [-0.05, 0) is 83.6 Å². The van der Waals surface area contributed by atoms with Crippen LogP contribution in [-0.4, -0.2) is 123 Å². The number of carbonyl (C=O) groups excluding carboxylic acids is 5. The van der Waals surface area contributed by atoms with Crippen molar-refractivity contribution in [3.05, 3.63) is 0 Å². The maximum absolute atomic E-state index is 12.7. The van der Waals surface area contributed by atoms with Gasteiger partial charge < -0.3 is 33.7 Å². The Morgan fingerprint density at radius 3 is 1.14 bits per heavy atom. The highest BCUT2D eigenvalue weighted by Gasteiger charge is 2.20. The van der Waals surface area contributed by atoms with E-state index in [-0.39, 0.29) is 88.6 Å². The standard InChI is InChI=1S/C50H92N2O11/c1-5-9-11-13-15-18-26-44(7-3)62-49(57)31-23-21-29-47(55)60-41-43(40-59-46(54)28-20-17-25-33-51-34-36-52(37-35-51)38-39-53)42-61-48(56)30-22-24-32-50(58)63-45(8-4)27-19-16-14-12-10-6-2/h43-45,53H,5-42H2,1-4H3. The normalized spacial score (nSPS) is 14.7. The van der Waals surface area contributed by atoms with E-state index < -0.39 is 17.9 Å².